The van der Waals surface area contributed by atoms with Crippen molar-refractivity contribution < 1.29 is 14.6 Å². The molecule has 2 aliphatic heterocycles. The highest BCUT2D eigenvalue weighted by Gasteiger charge is 2.44. The topological polar surface area (TPSA) is 54.7 Å². The fourth-order valence-corrected chi connectivity index (χ4v) is 6.33. The van der Waals surface area contributed by atoms with Crippen LogP contribution in [0.2, 0.25) is 0 Å². The molecule has 0 amide bonds. The van der Waals surface area contributed by atoms with Gasteiger partial charge in [0.25, 0.3) is 0 Å². The Morgan fingerprint density at radius 3 is 2.69 bits per heavy atom. The van der Waals surface area contributed by atoms with Crippen molar-refractivity contribution in [3.63, 3.8) is 0 Å². The van der Waals surface area contributed by atoms with E-state index < -0.39 is 0 Å². The van der Waals surface area contributed by atoms with Crippen LogP contribution in [0.1, 0.15) is 55.8 Å². The minimum Gasteiger partial charge on any atom is -0.508 e. The SMILES string of the molecule is CCC12C=C(C)n3c(c(c4ccccc43)CCN(/C=C/C(=O)OC)CCC1)C2c1ccc(O)cc1. The van der Waals surface area contributed by atoms with Crippen molar-refractivity contribution in [3.8, 4) is 5.75 Å². The number of carbonyl (C=O) groups excluding carboxylic acids is 1. The molecule has 1 N–H and O–H groups in total. The second-order valence-corrected chi connectivity index (χ2v) is 9.84. The maximum atomic E-state index is 11.8. The standard InChI is InChI=1S/C30H34N2O3/c1-4-30-16-7-17-31(19-15-27(34)35-3)18-14-25-24-8-5-6-9-26(24)32(21(2)20-30)29(25)28(30)22-10-12-23(33)13-11-22/h5-6,8-13,15,19-20,28,33H,4,7,14,16-18H2,1-3H3/b19-15+. The summed E-state index contributed by atoms with van der Waals surface area (Å²) in [6, 6.07) is 16.5. The zero-order valence-electron chi connectivity index (χ0n) is 20.8. The second kappa shape index (κ2) is 9.29. The minimum atomic E-state index is -0.325. The predicted octanol–water partition coefficient (Wildman–Crippen LogP) is 6.07. The Hall–Kier alpha value is -3.47. The first-order chi connectivity index (χ1) is 17.0. The van der Waals surface area contributed by atoms with Crippen LogP contribution in [0.3, 0.4) is 0 Å². The molecular weight excluding hydrogens is 436 g/mol. The largest absolute Gasteiger partial charge is 0.508 e. The maximum absolute atomic E-state index is 11.8. The molecule has 35 heavy (non-hydrogen) atoms. The van der Waals surface area contributed by atoms with Crippen LogP contribution in [-0.4, -0.2) is 40.7 Å². The number of fused-ring (bicyclic) bond motifs is 4. The highest BCUT2D eigenvalue weighted by Crippen LogP contribution is 2.55. The summed E-state index contributed by atoms with van der Waals surface area (Å²) in [4.78, 5) is 14.0. The molecule has 0 spiro atoms. The molecule has 2 aliphatic rings. The normalized spacial score (nSPS) is 22.3. The fourth-order valence-electron chi connectivity index (χ4n) is 6.33. The Morgan fingerprint density at radius 1 is 1.17 bits per heavy atom. The van der Waals surface area contributed by atoms with Gasteiger partial charge in [0, 0.05) is 53.5 Å². The first-order valence-corrected chi connectivity index (χ1v) is 12.6. The van der Waals surface area contributed by atoms with Crippen molar-refractivity contribution in [1.82, 2.24) is 9.47 Å². The molecule has 0 saturated heterocycles. The van der Waals surface area contributed by atoms with Gasteiger partial charge >= 0.3 is 5.97 Å². The predicted molar refractivity (Wildman–Crippen MR) is 140 cm³/mol. The number of carbonyl (C=O) groups is 1. The lowest BCUT2D eigenvalue weighted by molar-refractivity contribution is -0.134. The molecule has 1 aromatic heterocycles. The Bertz CT molecular complexity index is 1300. The van der Waals surface area contributed by atoms with Gasteiger partial charge in [0.05, 0.1) is 12.6 Å². The first kappa shape index (κ1) is 23.3. The molecule has 0 radical (unpaired) electrons. The number of aromatic hydroxyl groups is 1. The summed E-state index contributed by atoms with van der Waals surface area (Å²) < 4.78 is 7.29. The number of ether oxygens (including phenoxy) is 1. The molecule has 0 saturated carbocycles. The van der Waals surface area contributed by atoms with Gasteiger partial charge in [-0.1, -0.05) is 43.3 Å². The Morgan fingerprint density at radius 2 is 1.94 bits per heavy atom. The number of benzene rings is 2. The second-order valence-electron chi connectivity index (χ2n) is 9.84. The van der Waals surface area contributed by atoms with Crippen LogP contribution in [-0.2, 0) is 16.0 Å². The maximum Gasteiger partial charge on any atom is 0.331 e. The van der Waals surface area contributed by atoms with Crippen LogP contribution in [0.5, 0.6) is 5.75 Å². The molecule has 2 bridgehead atoms. The lowest BCUT2D eigenvalue weighted by Gasteiger charge is -2.44. The highest BCUT2D eigenvalue weighted by atomic mass is 16.5. The summed E-state index contributed by atoms with van der Waals surface area (Å²) in [6.45, 7) is 6.27. The van der Waals surface area contributed by atoms with Crippen LogP contribution in [0.15, 0.2) is 66.9 Å². The van der Waals surface area contributed by atoms with E-state index >= 15 is 0 Å². The van der Waals surface area contributed by atoms with E-state index in [1.165, 1.54) is 46.6 Å². The van der Waals surface area contributed by atoms with Gasteiger partial charge in [0.1, 0.15) is 5.75 Å². The number of para-hydroxylation sites is 1. The molecule has 5 heteroatoms. The summed E-state index contributed by atoms with van der Waals surface area (Å²) >= 11 is 0. The molecule has 5 nitrogen and oxygen atoms in total. The summed E-state index contributed by atoms with van der Waals surface area (Å²) in [5, 5.41) is 11.3. The third kappa shape index (κ3) is 4.03. The monoisotopic (exact) mass is 470 g/mol. The van der Waals surface area contributed by atoms with Crippen LogP contribution in [0, 0.1) is 5.41 Å². The molecule has 3 aromatic rings. The summed E-state index contributed by atoms with van der Waals surface area (Å²) in [6.07, 6.45) is 9.89. The van der Waals surface area contributed by atoms with E-state index in [0.717, 1.165) is 38.8 Å². The highest BCUT2D eigenvalue weighted by molar-refractivity contribution is 5.90. The van der Waals surface area contributed by atoms with Crippen molar-refractivity contribution in [3.05, 3.63) is 83.7 Å². The van der Waals surface area contributed by atoms with Crippen molar-refractivity contribution >= 4 is 22.6 Å². The van der Waals surface area contributed by atoms with Gasteiger partial charge in [-0.15, -0.1) is 0 Å². The number of esters is 1. The van der Waals surface area contributed by atoms with Crippen molar-refractivity contribution in [1.29, 1.82) is 0 Å². The molecule has 2 atom stereocenters. The van der Waals surface area contributed by atoms with Gasteiger partial charge in [-0.3, -0.25) is 0 Å². The number of rotatable bonds is 4. The molecular formula is C30H34N2O3. The molecule has 2 aromatic carbocycles. The van der Waals surface area contributed by atoms with Crippen molar-refractivity contribution in [2.75, 3.05) is 20.2 Å². The van der Waals surface area contributed by atoms with Crippen LogP contribution in [0.4, 0.5) is 0 Å². The Labute approximate surface area is 207 Å². The molecule has 0 fully saturated rings. The van der Waals surface area contributed by atoms with Crippen LogP contribution in [0.25, 0.3) is 16.6 Å². The molecule has 2 unspecified atom stereocenters. The molecule has 5 rings (SSSR count). The summed E-state index contributed by atoms with van der Waals surface area (Å²) in [5.41, 5.74) is 6.51. The van der Waals surface area contributed by atoms with Gasteiger partial charge < -0.3 is 19.3 Å². The number of aromatic nitrogens is 1. The number of nitrogens with zero attached hydrogens (tertiary/aromatic N) is 2. The lowest BCUT2D eigenvalue weighted by Crippen LogP contribution is -2.36. The number of hydrogen-bond donors (Lipinski definition) is 1. The summed E-state index contributed by atoms with van der Waals surface area (Å²) in [5.74, 6) is 0.180. The van der Waals surface area contributed by atoms with Gasteiger partial charge in [0.15, 0.2) is 0 Å². The van der Waals surface area contributed by atoms with Gasteiger partial charge in [-0.25, -0.2) is 4.79 Å². The average Bonchev–Trinajstić information content (AvgIpc) is 3.20. The minimum absolute atomic E-state index is 0.0325. The quantitative estimate of drug-likeness (QED) is 0.371. The van der Waals surface area contributed by atoms with Gasteiger partial charge in [0.2, 0.25) is 0 Å². The van der Waals surface area contributed by atoms with Crippen LogP contribution < -0.4 is 0 Å². The summed E-state index contributed by atoms with van der Waals surface area (Å²) in [7, 11) is 1.41. The van der Waals surface area contributed by atoms with E-state index in [0.29, 0.717) is 5.75 Å². The van der Waals surface area contributed by atoms with E-state index in [1.807, 2.05) is 18.3 Å². The third-order valence-electron chi connectivity index (χ3n) is 7.96. The first-order valence-electron chi connectivity index (χ1n) is 12.6. The van der Waals surface area contributed by atoms with Crippen molar-refractivity contribution in [2.45, 2.75) is 45.4 Å². The average molecular weight is 471 g/mol. The zero-order valence-corrected chi connectivity index (χ0v) is 20.8. The van der Waals surface area contributed by atoms with E-state index in [1.54, 1.807) is 0 Å². The number of allylic oxidation sites excluding steroid dienone is 2. The van der Waals surface area contributed by atoms with Crippen molar-refractivity contribution in [2.24, 2.45) is 5.41 Å². The fraction of sp³-hybridized carbons (Fsp3) is 0.367. The van der Waals surface area contributed by atoms with E-state index in [-0.39, 0.29) is 17.3 Å². The number of phenols is 1. The van der Waals surface area contributed by atoms with Gasteiger partial charge in [-0.2, -0.15) is 0 Å². The van der Waals surface area contributed by atoms with Crippen LogP contribution >= 0.6 is 0 Å². The lowest BCUT2D eigenvalue weighted by atomic mass is 9.63. The molecule has 3 heterocycles. The Balaban J connectivity index is 1.73. The zero-order chi connectivity index (χ0) is 24.6. The molecule has 182 valence electrons. The Kier molecular flexibility index (Phi) is 6.18. The number of hydrogen-bond acceptors (Lipinski definition) is 4. The number of phenolic OH excluding ortho intramolecular Hbond substituents is 1. The van der Waals surface area contributed by atoms with E-state index in [9.17, 15) is 9.90 Å². The third-order valence-corrected chi connectivity index (χ3v) is 7.96. The molecule has 0 aliphatic carbocycles. The smallest absolute Gasteiger partial charge is 0.331 e. The van der Waals surface area contributed by atoms with E-state index in [2.05, 4.69) is 65.8 Å². The van der Waals surface area contributed by atoms with Gasteiger partial charge in [-0.05, 0) is 61.9 Å². The number of methoxy groups -OCH3 is 1. The van der Waals surface area contributed by atoms with E-state index in [4.69, 9.17) is 4.74 Å².